The van der Waals surface area contributed by atoms with Crippen LogP contribution in [0.1, 0.15) is 13.3 Å². The highest BCUT2D eigenvalue weighted by Crippen LogP contribution is 2.15. The van der Waals surface area contributed by atoms with E-state index in [2.05, 4.69) is 16.6 Å². The third kappa shape index (κ3) is 5.78. The van der Waals surface area contributed by atoms with Crippen LogP contribution in [-0.2, 0) is 4.79 Å². The van der Waals surface area contributed by atoms with Crippen LogP contribution in [0.25, 0.3) is 0 Å². The number of terminal acetylenes is 1. The average Bonchev–Trinajstić information content (AvgIpc) is 2.37. The van der Waals surface area contributed by atoms with Gasteiger partial charge in [0.05, 0.1) is 0 Å². The van der Waals surface area contributed by atoms with Crippen molar-refractivity contribution in [3.63, 3.8) is 0 Å². The number of rotatable bonds is 6. The van der Waals surface area contributed by atoms with Crippen LogP contribution in [-0.4, -0.2) is 29.8 Å². The van der Waals surface area contributed by atoms with Gasteiger partial charge in [0.1, 0.15) is 5.75 Å². The summed E-state index contributed by atoms with van der Waals surface area (Å²) in [6.45, 7) is 1.40. The highest BCUT2D eigenvalue weighted by atomic mass is 16.5. The second-order valence-corrected chi connectivity index (χ2v) is 4.11. The third-order valence-corrected chi connectivity index (χ3v) is 2.28. The molecule has 1 aromatic carbocycles. The first-order valence-corrected chi connectivity index (χ1v) is 5.97. The standard InChI is InChI=1S/C14H16N2O4/c1-3-4-10(2)15-14(19)16-11-5-7-12(8-6-11)20-9-13(17)18/h1,5-8,10H,4,9H2,2H3,(H,17,18)(H2,15,16,19). The van der Waals surface area contributed by atoms with E-state index in [0.29, 0.717) is 17.9 Å². The molecule has 0 aliphatic heterocycles. The number of benzene rings is 1. The molecule has 106 valence electrons. The molecule has 0 bridgehead atoms. The highest BCUT2D eigenvalue weighted by Gasteiger charge is 2.06. The summed E-state index contributed by atoms with van der Waals surface area (Å²) in [4.78, 5) is 21.9. The molecule has 1 unspecified atom stereocenters. The predicted molar refractivity (Wildman–Crippen MR) is 74.6 cm³/mol. The summed E-state index contributed by atoms with van der Waals surface area (Å²) in [6.07, 6.45) is 5.60. The number of aliphatic carboxylic acids is 1. The van der Waals surface area contributed by atoms with E-state index in [9.17, 15) is 9.59 Å². The Morgan fingerprint density at radius 3 is 2.60 bits per heavy atom. The molecule has 6 heteroatoms. The maximum atomic E-state index is 11.6. The van der Waals surface area contributed by atoms with Gasteiger partial charge in [-0.1, -0.05) is 0 Å². The van der Waals surface area contributed by atoms with E-state index >= 15 is 0 Å². The number of urea groups is 1. The highest BCUT2D eigenvalue weighted by molar-refractivity contribution is 5.89. The predicted octanol–water partition coefficient (Wildman–Crippen LogP) is 1.68. The molecular formula is C14H16N2O4. The quantitative estimate of drug-likeness (QED) is 0.690. The molecule has 0 radical (unpaired) electrons. The Morgan fingerprint density at radius 2 is 2.05 bits per heavy atom. The van der Waals surface area contributed by atoms with Gasteiger partial charge in [-0.25, -0.2) is 9.59 Å². The summed E-state index contributed by atoms with van der Waals surface area (Å²) in [7, 11) is 0. The van der Waals surface area contributed by atoms with Crippen LogP contribution in [0.2, 0.25) is 0 Å². The monoisotopic (exact) mass is 276 g/mol. The van der Waals surface area contributed by atoms with Crippen molar-refractivity contribution in [3.05, 3.63) is 24.3 Å². The SMILES string of the molecule is C#CCC(C)NC(=O)Nc1ccc(OCC(=O)O)cc1. The van der Waals surface area contributed by atoms with Crippen LogP contribution >= 0.6 is 0 Å². The topological polar surface area (TPSA) is 87.7 Å². The zero-order chi connectivity index (χ0) is 15.0. The van der Waals surface area contributed by atoms with Crippen LogP contribution in [0.3, 0.4) is 0 Å². The van der Waals surface area contributed by atoms with Gasteiger partial charge in [-0.2, -0.15) is 0 Å². The van der Waals surface area contributed by atoms with Gasteiger partial charge in [0.2, 0.25) is 0 Å². The molecule has 0 saturated carbocycles. The van der Waals surface area contributed by atoms with Crippen LogP contribution in [0.15, 0.2) is 24.3 Å². The van der Waals surface area contributed by atoms with Crippen LogP contribution in [0.5, 0.6) is 5.75 Å². The number of nitrogens with one attached hydrogen (secondary N) is 2. The van der Waals surface area contributed by atoms with E-state index in [4.69, 9.17) is 16.3 Å². The number of carboxylic acid groups (broad SMARTS) is 1. The van der Waals surface area contributed by atoms with Crippen molar-refractivity contribution in [3.8, 4) is 18.1 Å². The van der Waals surface area contributed by atoms with Crippen LogP contribution < -0.4 is 15.4 Å². The molecule has 0 spiro atoms. The molecule has 1 rings (SSSR count). The van der Waals surface area contributed by atoms with Crippen LogP contribution in [0, 0.1) is 12.3 Å². The summed E-state index contributed by atoms with van der Waals surface area (Å²) < 4.78 is 4.97. The van der Waals surface area contributed by atoms with Crippen LogP contribution in [0.4, 0.5) is 10.5 Å². The number of anilines is 1. The van der Waals surface area contributed by atoms with Gasteiger partial charge in [0, 0.05) is 18.2 Å². The van der Waals surface area contributed by atoms with E-state index in [0.717, 1.165) is 0 Å². The normalized spacial score (nSPS) is 11.0. The summed E-state index contributed by atoms with van der Waals surface area (Å²) in [6, 6.07) is 5.91. The fourth-order valence-electron chi connectivity index (χ4n) is 1.40. The van der Waals surface area contributed by atoms with Crippen molar-refractivity contribution >= 4 is 17.7 Å². The van der Waals surface area contributed by atoms with Gasteiger partial charge < -0.3 is 20.5 Å². The van der Waals surface area contributed by atoms with Gasteiger partial charge in [0.15, 0.2) is 6.61 Å². The molecule has 6 nitrogen and oxygen atoms in total. The number of amides is 2. The Bertz CT molecular complexity index is 505. The fourth-order valence-corrected chi connectivity index (χ4v) is 1.40. The van der Waals surface area contributed by atoms with Crippen molar-refractivity contribution in [2.75, 3.05) is 11.9 Å². The summed E-state index contributed by atoms with van der Waals surface area (Å²) in [5.74, 6) is 1.83. The van der Waals surface area contributed by atoms with Crippen molar-refractivity contribution in [2.45, 2.75) is 19.4 Å². The Morgan fingerprint density at radius 1 is 1.40 bits per heavy atom. The molecular weight excluding hydrogens is 260 g/mol. The number of carbonyl (C=O) groups is 2. The first-order chi connectivity index (χ1) is 9.51. The van der Waals surface area contributed by atoms with Crippen molar-refractivity contribution in [2.24, 2.45) is 0 Å². The van der Waals surface area contributed by atoms with Gasteiger partial charge in [-0.05, 0) is 31.2 Å². The van der Waals surface area contributed by atoms with E-state index in [-0.39, 0.29) is 12.1 Å². The van der Waals surface area contributed by atoms with Gasteiger partial charge in [0.25, 0.3) is 0 Å². The largest absolute Gasteiger partial charge is 0.482 e. The minimum Gasteiger partial charge on any atom is -0.482 e. The summed E-state index contributed by atoms with van der Waals surface area (Å²) in [5.41, 5.74) is 0.568. The van der Waals surface area contributed by atoms with Crippen molar-refractivity contribution in [1.82, 2.24) is 5.32 Å². The van der Waals surface area contributed by atoms with Gasteiger partial charge >= 0.3 is 12.0 Å². The lowest BCUT2D eigenvalue weighted by molar-refractivity contribution is -0.139. The molecule has 3 N–H and O–H groups in total. The Kier molecular flexibility index (Phi) is 5.91. The lowest BCUT2D eigenvalue weighted by Gasteiger charge is -2.12. The van der Waals surface area contributed by atoms with Crippen molar-refractivity contribution in [1.29, 1.82) is 0 Å². The second kappa shape index (κ2) is 7.69. The minimum absolute atomic E-state index is 0.113. The Labute approximate surface area is 117 Å². The number of hydrogen-bond donors (Lipinski definition) is 3. The lowest BCUT2D eigenvalue weighted by Crippen LogP contribution is -2.35. The molecule has 1 aromatic rings. The van der Waals surface area contributed by atoms with E-state index in [1.807, 2.05) is 6.92 Å². The molecule has 0 aliphatic carbocycles. The first-order valence-electron chi connectivity index (χ1n) is 5.97. The van der Waals surface area contributed by atoms with Crippen molar-refractivity contribution < 1.29 is 19.4 Å². The number of hydrogen-bond acceptors (Lipinski definition) is 3. The number of carboxylic acids is 1. The average molecular weight is 276 g/mol. The zero-order valence-electron chi connectivity index (χ0n) is 11.1. The molecule has 0 saturated heterocycles. The van der Waals surface area contributed by atoms with E-state index in [1.165, 1.54) is 0 Å². The third-order valence-electron chi connectivity index (χ3n) is 2.28. The molecule has 1 atom stereocenters. The molecule has 0 fully saturated rings. The molecule has 0 heterocycles. The van der Waals surface area contributed by atoms with E-state index < -0.39 is 12.6 Å². The summed E-state index contributed by atoms with van der Waals surface area (Å²) >= 11 is 0. The fraction of sp³-hybridized carbons (Fsp3) is 0.286. The maximum absolute atomic E-state index is 11.6. The smallest absolute Gasteiger partial charge is 0.341 e. The molecule has 20 heavy (non-hydrogen) atoms. The molecule has 2 amide bonds. The Hall–Kier alpha value is -2.68. The summed E-state index contributed by atoms with van der Waals surface area (Å²) in [5, 5.41) is 13.8. The molecule has 0 aromatic heterocycles. The maximum Gasteiger partial charge on any atom is 0.341 e. The van der Waals surface area contributed by atoms with Gasteiger partial charge in [-0.15, -0.1) is 12.3 Å². The zero-order valence-corrected chi connectivity index (χ0v) is 11.1. The lowest BCUT2D eigenvalue weighted by atomic mass is 10.2. The number of ether oxygens (including phenoxy) is 1. The number of carbonyl (C=O) groups excluding carboxylic acids is 1. The minimum atomic E-state index is -1.05. The Balaban J connectivity index is 2.47. The van der Waals surface area contributed by atoms with Gasteiger partial charge in [-0.3, -0.25) is 0 Å². The molecule has 0 aliphatic rings. The van der Waals surface area contributed by atoms with E-state index in [1.54, 1.807) is 24.3 Å². The second-order valence-electron chi connectivity index (χ2n) is 4.11. The first kappa shape index (κ1) is 15.4.